The van der Waals surface area contributed by atoms with Gasteiger partial charge in [0.05, 0.1) is 0 Å². The third-order valence-corrected chi connectivity index (χ3v) is 5.21. The highest BCUT2D eigenvalue weighted by molar-refractivity contribution is 7.99. The summed E-state index contributed by atoms with van der Waals surface area (Å²) in [7, 11) is 0. The molecular weight excluding hydrogens is 293 g/mol. The molecule has 0 bridgehead atoms. The van der Waals surface area contributed by atoms with Crippen molar-refractivity contribution in [2.45, 2.75) is 38.6 Å². The summed E-state index contributed by atoms with van der Waals surface area (Å²) in [5.74, 6) is 3.18. The zero-order valence-electron chi connectivity index (χ0n) is 12.0. The largest absolute Gasteiger partial charge is 0.314 e. The lowest BCUT2D eigenvalue weighted by molar-refractivity contribution is 0.364. The van der Waals surface area contributed by atoms with Crippen LogP contribution in [0, 0.1) is 11.7 Å². The number of thioether (sulfide) groups is 1. The van der Waals surface area contributed by atoms with Gasteiger partial charge in [-0.05, 0) is 73.4 Å². The van der Waals surface area contributed by atoms with Gasteiger partial charge in [-0.2, -0.15) is 11.8 Å². The molecule has 0 saturated carbocycles. The Labute approximate surface area is 130 Å². The van der Waals surface area contributed by atoms with E-state index in [1.165, 1.54) is 30.4 Å². The van der Waals surface area contributed by atoms with E-state index in [1.54, 1.807) is 12.1 Å². The highest BCUT2D eigenvalue weighted by Crippen LogP contribution is 2.27. The van der Waals surface area contributed by atoms with E-state index in [2.05, 4.69) is 12.2 Å². The summed E-state index contributed by atoms with van der Waals surface area (Å²) >= 11 is 8.03. The third kappa shape index (κ3) is 4.94. The molecule has 0 amide bonds. The zero-order valence-corrected chi connectivity index (χ0v) is 13.6. The fraction of sp³-hybridized carbons (Fsp3) is 0.625. The molecule has 4 heteroatoms. The van der Waals surface area contributed by atoms with Gasteiger partial charge in [-0.15, -0.1) is 0 Å². The quantitative estimate of drug-likeness (QED) is 0.827. The lowest BCUT2D eigenvalue weighted by atomic mass is 9.91. The van der Waals surface area contributed by atoms with Crippen molar-refractivity contribution in [3.8, 4) is 0 Å². The van der Waals surface area contributed by atoms with Gasteiger partial charge in [0, 0.05) is 11.1 Å². The van der Waals surface area contributed by atoms with E-state index in [0.717, 1.165) is 30.9 Å². The van der Waals surface area contributed by atoms with Crippen LogP contribution < -0.4 is 5.32 Å². The van der Waals surface area contributed by atoms with Gasteiger partial charge in [0.15, 0.2) is 0 Å². The van der Waals surface area contributed by atoms with Gasteiger partial charge in [0.25, 0.3) is 0 Å². The Hall–Kier alpha value is -0.250. The summed E-state index contributed by atoms with van der Waals surface area (Å²) < 4.78 is 13.9. The molecule has 1 heterocycles. The van der Waals surface area contributed by atoms with Crippen molar-refractivity contribution in [1.82, 2.24) is 5.32 Å². The summed E-state index contributed by atoms with van der Waals surface area (Å²) in [6, 6.07) is 5.19. The molecule has 1 aromatic carbocycles. The fourth-order valence-corrected chi connectivity index (χ4v) is 4.28. The Morgan fingerprint density at radius 1 is 1.40 bits per heavy atom. The molecule has 1 atom stereocenters. The maximum atomic E-state index is 13.9. The molecule has 1 aliphatic heterocycles. The molecule has 20 heavy (non-hydrogen) atoms. The van der Waals surface area contributed by atoms with Crippen molar-refractivity contribution in [3.63, 3.8) is 0 Å². The molecule has 1 nitrogen and oxygen atoms in total. The molecule has 112 valence electrons. The van der Waals surface area contributed by atoms with Crippen LogP contribution >= 0.6 is 23.4 Å². The Morgan fingerprint density at radius 2 is 2.15 bits per heavy atom. The average molecular weight is 316 g/mol. The van der Waals surface area contributed by atoms with Crippen molar-refractivity contribution in [2.75, 3.05) is 18.1 Å². The molecule has 0 spiro atoms. The van der Waals surface area contributed by atoms with Crippen LogP contribution in [0.5, 0.6) is 0 Å². The van der Waals surface area contributed by atoms with E-state index in [1.807, 2.05) is 11.8 Å². The number of benzene rings is 1. The minimum atomic E-state index is -0.142. The van der Waals surface area contributed by atoms with Gasteiger partial charge in [0.1, 0.15) is 5.82 Å². The third-order valence-electron chi connectivity index (χ3n) is 3.93. The Kier molecular flexibility index (Phi) is 6.66. The van der Waals surface area contributed by atoms with Gasteiger partial charge in [0.2, 0.25) is 0 Å². The lowest BCUT2D eigenvalue weighted by Crippen LogP contribution is -2.34. The SMILES string of the molecule is CCNC(Cc1cc(Cl)ccc1F)CC1CCSCC1. The first-order valence-corrected chi connectivity index (χ1v) is 8.97. The first kappa shape index (κ1) is 16.1. The van der Waals surface area contributed by atoms with E-state index in [0.29, 0.717) is 11.1 Å². The number of likely N-dealkylation sites (N-methyl/N-ethyl adjacent to an activating group) is 1. The summed E-state index contributed by atoms with van der Waals surface area (Å²) in [5.41, 5.74) is 0.730. The smallest absolute Gasteiger partial charge is 0.126 e. The lowest BCUT2D eigenvalue weighted by Gasteiger charge is -2.27. The molecule has 2 rings (SSSR count). The van der Waals surface area contributed by atoms with Crippen LogP contribution in [0.25, 0.3) is 0 Å². The minimum Gasteiger partial charge on any atom is -0.314 e. The van der Waals surface area contributed by atoms with Gasteiger partial charge in [-0.1, -0.05) is 18.5 Å². The van der Waals surface area contributed by atoms with E-state index >= 15 is 0 Å². The predicted molar refractivity (Wildman–Crippen MR) is 87.2 cm³/mol. The molecule has 1 saturated heterocycles. The predicted octanol–water partition coefficient (Wildman–Crippen LogP) is 4.53. The molecule has 0 aromatic heterocycles. The van der Waals surface area contributed by atoms with Crippen molar-refractivity contribution in [2.24, 2.45) is 5.92 Å². The van der Waals surface area contributed by atoms with Crippen LogP contribution in [0.2, 0.25) is 5.02 Å². The first-order valence-electron chi connectivity index (χ1n) is 7.44. The zero-order chi connectivity index (χ0) is 14.4. The molecular formula is C16H23ClFNS. The molecule has 1 aliphatic rings. The monoisotopic (exact) mass is 315 g/mol. The van der Waals surface area contributed by atoms with Crippen LogP contribution in [-0.2, 0) is 6.42 Å². The normalized spacial score (nSPS) is 18.1. The van der Waals surface area contributed by atoms with Crippen molar-refractivity contribution in [3.05, 3.63) is 34.6 Å². The summed E-state index contributed by atoms with van der Waals surface area (Å²) in [5, 5.41) is 4.12. The van der Waals surface area contributed by atoms with Crippen LogP contribution in [0.4, 0.5) is 4.39 Å². The van der Waals surface area contributed by atoms with E-state index in [4.69, 9.17) is 11.6 Å². The summed E-state index contributed by atoms with van der Waals surface area (Å²) in [6.45, 7) is 3.03. The summed E-state index contributed by atoms with van der Waals surface area (Å²) in [4.78, 5) is 0. The number of hydrogen-bond acceptors (Lipinski definition) is 2. The Bertz CT molecular complexity index is 421. The first-order chi connectivity index (χ1) is 9.69. The second-order valence-electron chi connectivity index (χ2n) is 5.49. The topological polar surface area (TPSA) is 12.0 Å². The number of nitrogens with one attached hydrogen (secondary N) is 1. The van der Waals surface area contributed by atoms with E-state index in [-0.39, 0.29) is 5.82 Å². The summed E-state index contributed by atoms with van der Waals surface area (Å²) in [6.07, 6.45) is 4.46. The Balaban J connectivity index is 1.98. The standard InChI is InChI=1S/C16H23ClFNS/c1-2-19-15(9-12-5-7-20-8-6-12)11-13-10-14(17)3-4-16(13)18/h3-4,10,12,15,19H,2,5-9,11H2,1H3. The molecule has 0 aliphatic carbocycles. The van der Waals surface area contributed by atoms with Crippen molar-refractivity contribution in [1.29, 1.82) is 0 Å². The van der Waals surface area contributed by atoms with Gasteiger partial charge in [-0.25, -0.2) is 4.39 Å². The second kappa shape index (κ2) is 8.26. The average Bonchev–Trinajstić information content (AvgIpc) is 2.44. The van der Waals surface area contributed by atoms with Crippen molar-refractivity contribution < 1.29 is 4.39 Å². The number of rotatable bonds is 6. The molecule has 0 radical (unpaired) electrons. The maximum absolute atomic E-state index is 13.9. The Morgan fingerprint density at radius 3 is 2.85 bits per heavy atom. The van der Waals surface area contributed by atoms with Gasteiger partial charge in [-0.3, -0.25) is 0 Å². The molecule has 1 unspecified atom stereocenters. The fourth-order valence-electron chi connectivity index (χ4n) is 2.88. The highest BCUT2D eigenvalue weighted by atomic mass is 35.5. The number of halogens is 2. The van der Waals surface area contributed by atoms with Gasteiger partial charge < -0.3 is 5.32 Å². The van der Waals surface area contributed by atoms with E-state index in [9.17, 15) is 4.39 Å². The van der Waals surface area contributed by atoms with Gasteiger partial charge >= 0.3 is 0 Å². The van der Waals surface area contributed by atoms with E-state index < -0.39 is 0 Å². The molecule has 1 fully saturated rings. The molecule has 1 aromatic rings. The number of hydrogen-bond donors (Lipinski definition) is 1. The van der Waals surface area contributed by atoms with Crippen LogP contribution in [-0.4, -0.2) is 24.1 Å². The van der Waals surface area contributed by atoms with Crippen LogP contribution in [0.3, 0.4) is 0 Å². The minimum absolute atomic E-state index is 0.142. The van der Waals surface area contributed by atoms with Crippen LogP contribution in [0.1, 0.15) is 31.7 Å². The maximum Gasteiger partial charge on any atom is 0.126 e. The highest BCUT2D eigenvalue weighted by Gasteiger charge is 2.20. The second-order valence-corrected chi connectivity index (χ2v) is 7.15. The molecule has 1 N–H and O–H groups in total. The van der Waals surface area contributed by atoms with Crippen molar-refractivity contribution >= 4 is 23.4 Å². The van der Waals surface area contributed by atoms with Crippen LogP contribution in [0.15, 0.2) is 18.2 Å².